The SMILES string of the molecule is C=CCn1c(SCC(=O)Nc2sc(C)c(CC)c2C(=O)OC)nnc1C(C)Oc1ccc(OC)cc1. The molecule has 2 aromatic heterocycles. The molecule has 3 aromatic rings. The van der Waals surface area contributed by atoms with Crippen molar-refractivity contribution in [2.75, 3.05) is 25.3 Å². The van der Waals surface area contributed by atoms with Crippen LogP contribution in [-0.4, -0.2) is 46.6 Å². The Morgan fingerprint density at radius 3 is 2.53 bits per heavy atom. The number of nitrogens with zero attached hydrogens (tertiary/aromatic N) is 3. The predicted molar refractivity (Wildman–Crippen MR) is 141 cm³/mol. The summed E-state index contributed by atoms with van der Waals surface area (Å²) in [7, 11) is 2.94. The molecular weight excluding hydrogens is 500 g/mol. The van der Waals surface area contributed by atoms with Gasteiger partial charge in [-0.3, -0.25) is 9.36 Å². The van der Waals surface area contributed by atoms with Gasteiger partial charge in [0.1, 0.15) is 16.5 Å². The first-order valence-electron chi connectivity index (χ1n) is 11.3. The van der Waals surface area contributed by atoms with E-state index in [9.17, 15) is 9.59 Å². The summed E-state index contributed by atoms with van der Waals surface area (Å²) >= 11 is 2.62. The quantitative estimate of drug-likeness (QED) is 0.197. The van der Waals surface area contributed by atoms with Crippen molar-refractivity contribution in [1.82, 2.24) is 14.8 Å². The van der Waals surface area contributed by atoms with E-state index < -0.39 is 12.1 Å². The molecule has 0 saturated heterocycles. The van der Waals surface area contributed by atoms with Gasteiger partial charge < -0.3 is 19.5 Å². The third-order valence-corrected chi connectivity index (χ3v) is 7.36. The first-order chi connectivity index (χ1) is 17.3. The van der Waals surface area contributed by atoms with Gasteiger partial charge in [0, 0.05) is 11.4 Å². The van der Waals surface area contributed by atoms with E-state index in [0.717, 1.165) is 16.2 Å². The Labute approximate surface area is 218 Å². The normalized spacial score (nSPS) is 11.6. The van der Waals surface area contributed by atoms with Gasteiger partial charge in [-0.05, 0) is 50.1 Å². The van der Waals surface area contributed by atoms with Crippen molar-refractivity contribution in [3.63, 3.8) is 0 Å². The molecule has 9 nitrogen and oxygen atoms in total. The molecule has 11 heteroatoms. The molecule has 1 amide bonds. The number of nitrogens with one attached hydrogen (secondary N) is 1. The second kappa shape index (κ2) is 12.6. The van der Waals surface area contributed by atoms with E-state index >= 15 is 0 Å². The lowest BCUT2D eigenvalue weighted by Crippen LogP contribution is -2.17. The zero-order valence-corrected chi connectivity index (χ0v) is 22.6. The molecule has 1 atom stereocenters. The molecule has 0 spiro atoms. The molecule has 1 aromatic carbocycles. The highest BCUT2D eigenvalue weighted by Gasteiger charge is 2.24. The summed E-state index contributed by atoms with van der Waals surface area (Å²) in [5.41, 5.74) is 1.30. The Hall–Kier alpha value is -3.31. The molecule has 0 aliphatic carbocycles. The van der Waals surface area contributed by atoms with Crippen LogP contribution in [0.3, 0.4) is 0 Å². The Bertz CT molecular complexity index is 1220. The molecule has 192 valence electrons. The van der Waals surface area contributed by atoms with E-state index in [1.165, 1.54) is 30.2 Å². The van der Waals surface area contributed by atoms with E-state index in [2.05, 4.69) is 22.1 Å². The summed E-state index contributed by atoms with van der Waals surface area (Å²) < 4.78 is 18.0. The van der Waals surface area contributed by atoms with Crippen molar-refractivity contribution >= 4 is 40.0 Å². The topological polar surface area (TPSA) is 105 Å². The molecule has 36 heavy (non-hydrogen) atoms. The number of ether oxygens (including phenoxy) is 3. The Balaban J connectivity index is 1.71. The summed E-state index contributed by atoms with van der Waals surface area (Å²) in [6.07, 6.45) is 2.01. The van der Waals surface area contributed by atoms with Crippen LogP contribution in [0.25, 0.3) is 0 Å². The highest BCUT2D eigenvalue weighted by atomic mass is 32.2. The van der Waals surface area contributed by atoms with Gasteiger partial charge in [0.15, 0.2) is 17.1 Å². The molecule has 1 N–H and O–H groups in total. The van der Waals surface area contributed by atoms with Crippen LogP contribution >= 0.6 is 23.1 Å². The van der Waals surface area contributed by atoms with Crippen LogP contribution in [0, 0.1) is 6.92 Å². The second-order valence-electron chi connectivity index (χ2n) is 7.70. The molecular formula is C25H30N4O5S2. The van der Waals surface area contributed by atoms with Gasteiger partial charge >= 0.3 is 5.97 Å². The Morgan fingerprint density at radius 1 is 1.22 bits per heavy atom. The van der Waals surface area contributed by atoms with Crippen molar-refractivity contribution in [3.05, 3.63) is 58.7 Å². The van der Waals surface area contributed by atoms with Crippen LogP contribution in [0.2, 0.25) is 0 Å². The average molecular weight is 531 g/mol. The van der Waals surface area contributed by atoms with Crippen molar-refractivity contribution in [2.45, 2.75) is 45.0 Å². The molecule has 0 aliphatic rings. The van der Waals surface area contributed by atoms with Gasteiger partial charge in [-0.25, -0.2) is 4.79 Å². The number of benzene rings is 1. The van der Waals surface area contributed by atoms with Crippen LogP contribution in [0.1, 0.15) is 46.6 Å². The van der Waals surface area contributed by atoms with Crippen molar-refractivity contribution < 1.29 is 23.8 Å². The Morgan fingerprint density at radius 2 is 1.92 bits per heavy atom. The number of allylic oxidation sites excluding steroid dienone is 1. The number of aryl methyl sites for hydroxylation is 1. The number of thioether (sulfide) groups is 1. The third-order valence-electron chi connectivity index (χ3n) is 5.33. The lowest BCUT2D eigenvalue weighted by Gasteiger charge is -2.16. The number of methoxy groups -OCH3 is 2. The minimum atomic E-state index is -0.458. The number of rotatable bonds is 12. The molecule has 0 fully saturated rings. The summed E-state index contributed by atoms with van der Waals surface area (Å²) in [5, 5.41) is 12.5. The minimum absolute atomic E-state index is 0.0853. The fourth-order valence-electron chi connectivity index (χ4n) is 3.62. The van der Waals surface area contributed by atoms with Crippen molar-refractivity contribution in [3.8, 4) is 11.5 Å². The van der Waals surface area contributed by atoms with Gasteiger partial charge in [0.25, 0.3) is 0 Å². The highest BCUT2D eigenvalue weighted by molar-refractivity contribution is 7.99. The van der Waals surface area contributed by atoms with Crippen molar-refractivity contribution in [1.29, 1.82) is 0 Å². The van der Waals surface area contributed by atoms with E-state index in [0.29, 0.717) is 40.3 Å². The van der Waals surface area contributed by atoms with Crippen LogP contribution in [0.4, 0.5) is 5.00 Å². The number of anilines is 1. The number of thiophene rings is 1. The van der Waals surface area contributed by atoms with Gasteiger partial charge in [-0.2, -0.15) is 0 Å². The van der Waals surface area contributed by atoms with Crippen molar-refractivity contribution in [2.24, 2.45) is 0 Å². The summed E-state index contributed by atoms with van der Waals surface area (Å²) in [6.45, 7) is 10.1. The van der Waals surface area contributed by atoms with Gasteiger partial charge in [-0.15, -0.1) is 28.1 Å². The number of aromatic nitrogens is 3. The maximum Gasteiger partial charge on any atom is 0.341 e. The number of esters is 1. The van der Waals surface area contributed by atoms with E-state index in [4.69, 9.17) is 14.2 Å². The van der Waals surface area contributed by atoms with Gasteiger partial charge in [-0.1, -0.05) is 24.8 Å². The van der Waals surface area contributed by atoms with Crippen LogP contribution in [-0.2, 0) is 22.5 Å². The minimum Gasteiger partial charge on any atom is -0.497 e. The number of amides is 1. The smallest absolute Gasteiger partial charge is 0.341 e. The molecule has 2 heterocycles. The summed E-state index contributed by atoms with van der Waals surface area (Å²) in [6, 6.07) is 7.28. The lowest BCUT2D eigenvalue weighted by molar-refractivity contribution is -0.113. The molecule has 3 rings (SSSR count). The molecule has 0 aliphatic heterocycles. The highest BCUT2D eigenvalue weighted by Crippen LogP contribution is 2.34. The summed E-state index contributed by atoms with van der Waals surface area (Å²) in [5.74, 6) is 1.39. The molecule has 0 radical (unpaired) electrons. The second-order valence-corrected chi connectivity index (χ2v) is 9.87. The van der Waals surface area contributed by atoms with Crippen LogP contribution in [0.5, 0.6) is 11.5 Å². The van der Waals surface area contributed by atoms with Crippen LogP contribution in [0.15, 0.2) is 42.1 Å². The maximum atomic E-state index is 12.8. The van der Waals surface area contributed by atoms with Gasteiger partial charge in [0.2, 0.25) is 5.91 Å². The largest absolute Gasteiger partial charge is 0.497 e. The van der Waals surface area contributed by atoms with E-state index in [1.54, 1.807) is 13.2 Å². The molecule has 0 bridgehead atoms. The fraction of sp³-hybridized carbons (Fsp3) is 0.360. The first-order valence-corrected chi connectivity index (χ1v) is 13.1. The number of carbonyl (C=O) groups excluding carboxylic acids is 2. The monoisotopic (exact) mass is 530 g/mol. The maximum absolute atomic E-state index is 12.8. The Kier molecular flexibility index (Phi) is 9.54. The predicted octanol–water partition coefficient (Wildman–Crippen LogP) is 5.06. The summed E-state index contributed by atoms with van der Waals surface area (Å²) in [4.78, 5) is 26.1. The van der Waals surface area contributed by atoms with E-state index in [1.807, 2.05) is 49.6 Å². The zero-order valence-electron chi connectivity index (χ0n) is 21.0. The van der Waals surface area contributed by atoms with E-state index in [-0.39, 0.29) is 11.7 Å². The third kappa shape index (κ3) is 6.27. The number of hydrogen-bond acceptors (Lipinski definition) is 9. The lowest BCUT2D eigenvalue weighted by atomic mass is 10.1. The average Bonchev–Trinajstić information content (AvgIpc) is 3.42. The zero-order chi connectivity index (χ0) is 26.2. The van der Waals surface area contributed by atoms with Gasteiger partial charge in [0.05, 0.1) is 25.5 Å². The molecule has 0 saturated carbocycles. The fourth-order valence-corrected chi connectivity index (χ4v) is 5.53. The van der Waals surface area contributed by atoms with Crippen LogP contribution < -0.4 is 14.8 Å². The standard InChI is InChI=1S/C25H30N4O5S2/c1-7-13-29-22(15(3)34-18-11-9-17(32-5)10-12-18)27-28-25(29)35-14-20(30)26-23-21(24(31)33-6)19(8-2)16(4)36-23/h7,9-12,15H,1,8,13-14H2,2-6H3,(H,26,30). The number of carbonyl (C=O) groups is 2. The molecule has 1 unspecified atom stereocenters. The first kappa shape index (κ1) is 27.3. The number of hydrogen-bond donors (Lipinski definition) is 1.